The molecule has 26 heavy (non-hydrogen) atoms. The number of imidazole rings is 1. The van der Waals surface area contributed by atoms with Crippen LogP contribution in [0.2, 0.25) is 0 Å². The van der Waals surface area contributed by atoms with Crippen LogP contribution in [0.25, 0.3) is 11.0 Å². The smallest absolute Gasteiger partial charge is 0.237 e. The van der Waals surface area contributed by atoms with Crippen LogP contribution >= 0.6 is 11.8 Å². The summed E-state index contributed by atoms with van der Waals surface area (Å²) in [6.45, 7) is 5.97. The van der Waals surface area contributed by atoms with Gasteiger partial charge in [0.05, 0.1) is 17.1 Å². The highest BCUT2D eigenvalue weighted by atomic mass is 32.2. The summed E-state index contributed by atoms with van der Waals surface area (Å²) in [6, 6.07) is 8.48. The Kier molecular flexibility index (Phi) is 5.05. The molecule has 2 aliphatic rings. The van der Waals surface area contributed by atoms with Crippen LogP contribution in [0, 0.1) is 0 Å². The highest BCUT2D eigenvalue weighted by Crippen LogP contribution is 2.33. The summed E-state index contributed by atoms with van der Waals surface area (Å²) >= 11 is 1.76. The van der Waals surface area contributed by atoms with E-state index in [0.29, 0.717) is 11.3 Å². The Balaban J connectivity index is 1.46. The quantitative estimate of drug-likeness (QED) is 0.766. The van der Waals surface area contributed by atoms with Gasteiger partial charge in [-0.05, 0) is 45.2 Å². The Morgan fingerprint density at radius 2 is 2.23 bits per heavy atom. The number of benzene rings is 1. The number of hydrogen-bond donors (Lipinski definition) is 2. The summed E-state index contributed by atoms with van der Waals surface area (Å²) in [6.07, 6.45) is 5.26. The van der Waals surface area contributed by atoms with E-state index in [-0.39, 0.29) is 11.9 Å². The molecule has 4 rings (SSSR count). The minimum absolute atomic E-state index is 0.0348. The van der Waals surface area contributed by atoms with Crippen LogP contribution in [-0.4, -0.2) is 51.2 Å². The second kappa shape index (κ2) is 7.45. The Bertz CT molecular complexity index is 793. The first-order chi connectivity index (χ1) is 12.6. The maximum atomic E-state index is 12.7. The van der Waals surface area contributed by atoms with Gasteiger partial charge in [-0.3, -0.25) is 9.69 Å². The average Bonchev–Trinajstić information content (AvgIpc) is 3.21. The van der Waals surface area contributed by atoms with E-state index in [1.54, 1.807) is 11.8 Å². The zero-order chi connectivity index (χ0) is 18.1. The molecule has 0 spiro atoms. The molecule has 2 heterocycles. The fourth-order valence-electron chi connectivity index (χ4n) is 3.47. The molecule has 2 atom stereocenters. The van der Waals surface area contributed by atoms with Gasteiger partial charge in [-0.2, -0.15) is 0 Å². The van der Waals surface area contributed by atoms with Crippen molar-refractivity contribution in [3.63, 3.8) is 0 Å². The topological polar surface area (TPSA) is 61.0 Å². The number of thioether (sulfide) groups is 1. The van der Waals surface area contributed by atoms with Crippen molar-refractivity contribution in [2.75, 3.05) is 13.1 Å². The molecule has 2 fully saturated rings. The van der Waals surface area contributed by atoms with Crippen molar-refractivity contribution in [2.24, 2.45) is 0 Å². The van der Waals surface area contributed by atoms with Crippen LogP contribution in [0.1, 0.15) is 33.1 Å². The number of allylic oxidation sites excluding steroid dienone is 1. The molecular weight excluding hydrogens is 344 g/mol. The molecule has 2 aromatic rings. The predicted molar refractivity (Wildman–Crippen MR) is 106 cm³/mol. The largest absolute Gasteiger partial charge is 0.352 e. The number of aromatic amines is 1. The van der Waals surface area contributed by atoms with E-state index in [1.165, 1.54) is 5.57 Å². The molecule has 1 aromatic carbocycles. The van der Waals surface area contributed by atoms with Crippen molar-refractivity contribution in [1.29, 1.82) is 0 Å². The number of nitrogens with zero attached hydrogens (tertiary/aromatic N) is 2. The van der Waals surface area contributed by atoms with Crippen molar-refractivity contribution in [2.45, 2.75) is 55.6 Å². The minimum atomic E-state index is -0.0348. The summed E-state index contributed by atoms with van der Waals surface area (Å²) in [7, 11) is 0. The van der Waals surface area contributed by atoms with E-state index in [4.69, 9.17) is 0 Å². The van der Waals surface area contributed by atoms with Gasteiger partial charge < -0.3 is 10.3 Å². The van der Waals surface area contributed by atoms with E-state index < -0.39 is 0 Å². The van der Waals surface area contributed by atoms with Gasteiger partial charge in [0.25, 0.3) is 0 Å². The van der Waals surface area contributed by atoms with Crippen molar-refractivity contribution in [1.82, 2.24) is 20.2 Å². The van der Waals surface area contributed by atoms with E-state index in [2.05, 4.69) is 46.2 Å². The summed E-state index contributed by atoms with van der Waals surface area (Å²) < 4.78 is 0. The average molecular weight is 371 g/mol. The molecular formula is C20H26N4OS. The van der Waals surface area contributed by atoms with Crippen LogP contribution in [0.4, 0.5) is 0 Å². The standard InChI is InChI=1S/C20H26N4OS/c1-3-13(2)11-24-12-15(10-18(24)19(25)21-14-8-9-14)26-20-22-16-6-4-5-7-17(16)23-20/h3-7,14-15,18H,8-12H2,1-2H3,(H,21,25)(H,22,23)/b13-3+/t15-,18+/m1/s1. The lowest BCUT2D eigenvalue weighted by Crippen LogP contribution is -2.44. The molecule has 0 unspecified atom stereocenters. The third-order valence-corrected chi connectivity index (χ3v) is 6.27. The SMILES string of the molecule is C/C=C(\C)CN1C[C@H](Sc2nc3ccccc3[nH]2)C[C@H]1C(=O)NC1CC1. The minimum Gasteiger partial charge on any atom is -0.352 e. The monoisotopic (exact) mass is 370 g/mol. The third-order valence-electron chi connectivity index (χ3n) is 5.18. The molecule has 138 valence electrons. The van der Waals surface area contributed by atoms with E-state index in [1.807, 2.05) is 18.2 Å². The van der Waals surface area contributed by atoms with Crippen LogP contribution in [0.5, 0.6) is 0 Å². The van der Waals surface area contributed by atoms with Crippen molar-refractivity contribution in [3.8, 4) is 0 Å². The Morgan fingerprint density at radius 3 is 2.96 bits per heavy atom. The summed E-state index contributed by atoms with van der Waals surface area (Å²) in [5, 5.41) is 4.51. The molecule has 1 amide bonds. The number of fused-ring (bicyclic) bond motifs is 1. The van der Waals surface area contributed by atoms with E-state index in [9.17, 15) is 4.79 Å². The molecule has 1 saturated carbocycles. The zero-order valence-electron chi connectivity index (χ0n) is 15.4. The van der Waals surface area contributed by atoms with Gasteiger partial charge in [0, 0.05) is 24.4 Å². The van der Waals surface area contributed by atoms with E-state index in [0.717, 1.165) is 48.5 Å². The Morgan fingerprint density at radius 1 is 1.42 bits per heavy atom. The Labute approximate surface area is 158 Å². The van der Waals surface area contributed by atoms with Crippen molar-refractivity contribution in [3.05, 3.63) is 35.9 Å². The van der Waals surface area contributed by atoms with Gasteiger partial charge in [0.15, 0.2) is 5.16 Å². The van der Waals surface area contributed by atoms with Gasteiger partial charge in [-0.1, -0.05) is 35.5 Å². The zero-order valence-corrected chi connectivity index (χ0v) is 16.2. The number of H-pyrrole nitrogens is 1. The number of carbonyl (C=O) groups is 1. The highest BCUT2D eigenvalue weighted by Gasteiger charge is 2.39. The number of nitrogens with one attached hydrogen (secondary N) is 2. The van der Waals surface area contributed by atoms with Crippen molar-refractivity contribution >= 4 is 28.7 Å². The van der Waals surface area contributed by atoms with Crippen LogP contribution < -0.4 is 5.32 Å². The maximum absolute atomic E-state index is 12.7. The first-order valence-electron chi connectivity index (χ1n) is 9.40. The molecule has 5 nitrogen and oxygen atoms in total. The predicted octanol–water partition coefficient (Wildman–Crippen LogP) is 3.34. The van der Waals surface area contributed by atoms with Gasteiger partial charge in [0.1, 0.15) is 0 Å². The Hall–Kier alpha value is -1.79. The summed E-state index contributed by atoms with van der Waals surface area (Å²) in [5.74, 6) is 0.198. The second-order valence-electron chi connectivity index (χ2n) is 7.40. The lowest BCUT2D eigenvalue weighted by Gasteiger charge is -2.23. The molecule has 1 aliphatic heterocycles. The third kappa shape index (κ3) is 3.96. The number of carbonyl (C=O) groups excluding carboxylic acids is 1. The second-order valence-corrected chi connectivity index (χ2v) is 8.69. The van der Waals surface area contributed by atoms with Crippen LogP contribution in [-0.2, 0) is 4.79 Å². The fraction of sp³-hybridized carbons (Fsp3) is 0.500. The number of amides is 1. The normalized spacial score (nSPS) is 24.3. The number of para-hydroxylation sites is 2. The first kappa shape index (κ1) is 17.6. The van der Waals surface area contributed by atoms with E-state index >= 15 is 0 Å². The van der Waals surface area contributed by atoms with Gasteiger partial charge in [-0.25, -0.2) is 4.98 Å². The van der Waals surface area contributed by atoms with Gasteiger partial charge in [-0.15, -0.1) is 0 Å². The molecule has 1 saturated heterocycles. The lowest BCUT2D eigenvalue weighted by atomic mass is 10.2. The number of rotatable bonds is 6. The van der Waals surface area contributed by atoms with Crippen molar-refractivity contribution < 1.29 is 4.79 Å². The number of hydrogen-bond acceptors (Lipinski definition) is 4. The fourth-order valence-corrected chi connectivity index (χ4v) is 4.65. The van der Waals surface area contributed by atoms with Gasteiger partial charge in [0.2, 0.25) is 5.91 Å². The molecule has 0 bridgehead atoms. The van der Waals surface area contributed by atoms with Crippen LogP contribution in [0.3, 0.4) is 0 Å². The van der Waals surface area contributed by atoms with Crippen LogP contribution in [0.15, 0.2) is 41.1 Å². The molecule has 1 aliphatic carbocycles. The molecule has 2 N–H and O–H groups in total. The number of likely N-dealkylation sites (tertiary alicyclic amines) is 1. The number of aromatic nitrogens is 2. The summed E-state index contributed by atoms with van der Waals surface area (Å²) in [5.41, 5.74) is 3.37. The highest BCUT2D eigenvalue weighted by molar-refractivity contribution is 7.99. The molecule has 1 aromatic heterocycles. The first-order valence-corrected chi connectivity index (χ1v) is 10.3. The molecule has 0 radical (unpaired) electrons. The molecule has 6 heteroatoms. The maximum Gasteiger partial charge on any atom is 0.237 e. The van der Waals surface area contributed by atoms with Gasteiger partial charge >= 0.3 is 0 Å². The lowest BCUT2D eigenvalue weighted by molar-refractivity contribution is -0.125. The summed E-state index contributed by atoms with van der Waals surface area (Å²) in [4.78, 5) is 23.1.